The van der Waals surface area contributed by atoms with Gasteiger partial charge in [0.2, 0.25) is 0 Å². The predicted octanol–water partition coefficient (Wildman–Crippen LogP) is 2.29. The summed E-state index contributed by atoms with van der Waals surface area (Å²) in [5.41, 5.74) is 1.54. The van der Waals surface area contributed by atoms with Crippen molar-refractivity contribution in [1.29, 1.82) is 0 Å². The van der Waals surface area contributed by atoms with Crippen LogP contribution in [0.1, 0.15) is 16.1 Å². The van der Waals surface area contributed by atoms with Crippen LogP contribution in [0.5, 0.6) is 5.75 Å². The second kappa shape index (κ2) is 8.29. The molecule has 1 heterocycles. The molecule has 0 unspecified atom stereocenters. The summed E-state index contributed by atoms with van der Waals surface area (Å²) in [4.78, 5) is 21.0. The van der Waals surface area contributed by atoms with E-state index < -0.39 is 0 Å². The zero-order chi connectivity index (χ0) is 16.7. The molecule has 0 aliphatic heterocycles. The molecule has 0 radical (unpaired) electrons. The van der Waals surface area contributed by atoms with Crippen LogP contribution < -0.4 is 4.74 Å². The van der Waals surface area contributed by atoms with Gasteiger partial charge in [-0.2, -0.15) is 0 Å². The summed E-state index contributed by atoms with van der Waals surface area (Å²) in [6, 6.07) is 12.9. The number of hydrogen-bond acceptors (Lipinski definition) is 4. The molecule has 0 saturated carbocycles. The Kier molecular flexibility index (Phi) is 6.11. The molecule has 0 saturated heterocycles. The molecule has 0 bridgehead atoms. The monoisotopic (exact) mass is 313 g/mol. The Morgan fingerprint density at radius 2 is 1.83 bits per heavy atom. The summed E-state index contributed by atoms with van der Waals surface area (Å²) in [5, 5.41) is 0. The standard InChI is InChI=1S/C18H23N3O2/c1-20(2)12-13-21(14-16-6-4-5-11-19-16)18(22)15-7-9-17(23-3)10-8-15/h4-11H,12-14H2,1-3H3. The van der Waals surface area contributed by atoms with Gasteiger partial charge < -0.3 is 14.5 Å². The highest BCUT2D eigenvalue weighted by Crippen LogP contribution is 2.14. The van der Waals surface area contributed by atoms with E-state index in [4.69, 9.17) is 4.74 Å². The number of pyridine rings is 1. The molecular formula is C18H23N3O2. The van der Waals surface area contributed by atoms with E-state index in [9.17, 15) is 4.79 Å². The predicted molar refractivity (Wildman–Crippen MR) is 90.5 cm³/mol. The summed E-state index contributed by atoms with van der Waals surface area (Å²) in [7, 11) is 5.61. The minimum absolute atomic E-state index is 0.000145. The molecule has 0 N–H and O–H groups in total. The van der Waals surface area contributed by atoms with E-state index in [-0.39, 0.29) is 5.91 Å². The van der Waals surface area contributed by atoms with Gasteiger partial charge >= 0.3 is 0 Å². The highest BCUT2D eigenvalue weighted by atomic mass is 16.5. The van der Waals surface area contributed by atoms with E-state index in [1.807, 2.05) is 37.2 Å². The Morgan fingerprint density at radius 3 is 2.39 bits per heavy atom. The molecule has 0 spiro atoms. The molecule has 5 heteroatoms. The van der Waals surface area contributed by atoms with Gasteiger partial charge in [-0.3, -0.25) is 9.78 Å². The zero-order valence-corrected chi connectivity index (χ0v) is 13.9. The number of nitrogens with zero attached hydrogens (tertiary/aromatic N) is 3. The van der Waals surface area contributed by atoms with Crippen LogP contribution in [0.4, 0.5) is 0 Å². The normalized spacial score (nSPS) is 10.6. The van der Waals surface area contributed by atoms with Gasteiger partial charge in [-0.15, -0.1) is 0 Å². The Bertz CT molecular complexity index is 612. The van der Waals surface area contributed by atoms with Crippen LogP contribution in [0.2, 0.25) is 0 Å². The van der Waals surface area contributed by atoms with Gasteiger partial charge in [0.1, 0.15) is 5.75 Å². The van der Waals surface area contributed by atoms with Crippen molar-refractivity contribution in [3.63, 3.8) is 0 Å². The number of amides is 1. The van der Waals surface area contributed by atoms with Gasteiger partial charge in [0, 0.05) is 24.8 Å². The number of carbonyl (C=O) groups is 1. The molecule has 1 amide bonds. The third kappa shape index (κ3) is 5.07. The van der Waals surface area contributed by atoms with Crippen molar-refractivity contribution in [2.75, 3.05) is 34.3 Å². The maximum atomic E-state index is 12.8. The van der Waals surface area contributed by atoms with Crippen molar-refractivity contribution in [3.8, 4) is 5.75 Å². The summed E-state index contributed by atoms with van der Waals surface area (Å²) in [5.74, 6) is 0.742. The van der Waals surface area contributed by atoms with Crippen molar-refractivity contribution < 1.29 is 9.53 Å². The Labute approximate surface area is 137 Å². The van der Waals surface area contributed by atoms with Crippen molar-refractivity contribution in [3.05, 3.63) is 59.9 Å². The van der Waals surface area contributed by atoms with E-state index in [0.717, 1.165) is 18.0 Å². The van der Waals surface area contributed by atoms with Gasteiger partial charge in [0.15, 0.2) is 0 Å². The van der Waals surface area contributed by atoms with Crippen LogP contribution in [0, 0.1) is 0 Å². The molecule has 2 aromatic rings. The lowest BCUT2D eigenvalue weighted by Gasteiger charge is -2.24. The maximum absolute atomic E-state index is 12.8. The lowest BCUT2D eigenvalue weighted by Crippen LogP contribution is -2.36. The van der Waals surface area contributed by atoms with Crippen LogP contribution in [0.25, 0.3) is 0 Å². The molecule has 1 aromatic heterocycles. The molecule has 2 rings (SSSR count). The minimum Gasteiger partial charge on any atom is -0.497 e. The van der Waals surface area contributed by atoms with Gasteiger partial charge in [0.25, 0.3) is 5.91 Å². The SMILES string of the molecule is COc1ccc(C(=O)N(CCN(C)C)Cc2ccccn2)cc1. The van der Waals surface area contributed by atoms with E-state index >= 15 is 0 Å². The summed E-state index contributed by atoms with van der Waals surface area (Å²) < 4.78 is 5.14. The third-order valence-electron chi connectivity index (χ3n) is 3.52. The number of methoxy groups -OCH3 is 1. The first-order valence-electron chi connectivity index (χ1n) is 7.58. The average Bonchev–Trinajstić information content (AvgIpc) is 2.59. The van der Waals surface area contributed by atoms with Crippen molar-refractivity contribution >= 4 is 5.91 Å². The Morgan fingerprint density at radius 1 is 1.09 bits per heavy atom. The number of benzene rings is 1. The quantitative estimate of drug-likeness (QED) is 0.787. The lowest BCUT2D eigenvalue weighted by molar-refractivity contribution is 0.0730. The van der Waals surface area contributed by atoms with Crippen LogP contribution in [-0.2, 0) is 6.54 Å². The Balaban J connectivity index is 2.15. The molecule has 5 nitrogen and oxygen atoms in total. The van der Waals surface area contributed by atoms with E-state index in [1.165, 1.54) is 0 Å². The highest BCUT2D eigenvalue weighted by molar-refractivity contribution is 5.94. The Hall–Kier alpha value is -2.40. The van der Waals surface area contributed by atoms with Crippen LogP contribution in [0.3, 0.4) is 0 Å². The fraction of sp³-hybridized carbons (Fsp3) is 0.333. The van der Waals surface area contributed by atoms with Gasteiger partial charge in [-0.25, -0.2) is 0 Å². The smallest absolute Gasteiger partial charge is 0.254 e. The molecule has 0 aliphatic carbocycles. The summed E-state index contributed by atoms with van der Waals surface area (Å²) in [6.07, 6.45) is 1.75. The number of hydrogen-bond donors (Lipinski definition) is 0. The number of rotatable bonds is 7. The van der Waals surface area contributed by atoms with Gasteiger partial charge in [-0.1, -0.05) is 6.07 Å². The first-order chi connectivity index (χ1) is 11.1. The van der Waals surface area contributed by atoms with Crippen LogP contribution >= 0.6 is 0 Å². The molecular weight excluding hydrogens is 290 g/mol. The van der Waals surface area contributed by atoms with Crippen molar-refractivity contribution in [1.82, 2.24) is 14.8 Å². The molecule has 0 aliphatic rings. The average molecular weight is 313 g/mol. The van der Waals surface area contributed by atoms with Crippen LogP contribution in [0.15, 0.2) is 48.7 Å². The van der Waals surface area contributed by atoms with Gasteiger partial charge in [-0.05, 0) is 50.5 Å². The number of ether oxygens (including phenoxy) is 1. The molecule has 0 atom stereocenters. The molecule has 122 valence electrons. The topological polar surface area (TPSA) is 45.7 Å². The lowest BCUT2D eigenvalue weighted by atomic mass is 10.2. The second-order valence-electron chi connectivity index (χ2n) is 5.58. The fourth-order valence-corrected chi connectivity index (χ4v) is 2.18. The van der Waals surface area contributed by atoms with E-state index in [2.05, 4.69) is 9.88 Å². The second-order valence-corrected chi connectivity index (χ2v) is 5.58. The summed E-state index contributed by atoms with van der Waals surface area (Å²) >= 11 is 0. The van der Waals surface area contributed by atoms with Crippen LogP contribution in [-0.4, -0.2) is 55.0 Å². The molecule has 0 fully saturated rings. The van der Waals surface area contributed by atoms with Gasteiger partial charge in [0.05, 0.1) is 19.3 Å². The third-order valence-corrected chi connectivity index (χ3v) is 3.52. The van der Waals surface area contributed by atoms with Crippen molar-refractivity contribution in [2.45, 2.75) is 6.54 Å². The molecule has 1 aromatic carbocycles. The van der Waals surface area contributed by atoms with E-state index in [0.29, 0.717) is 18.7 Å². The largest absolute Gasteiger partial charge is 0.497 e. The number of likely N-dealkylation sites (N-methyl/N-ethyl adjacent to an activating group) is 1. The van der Waals surface area contributed by atoms with E-state index in [1.54, 1.807) is 37.6 Å². The zero-order valence-electron chi connectivity index (χ0n) is 13.9. The molecule has 23 heavy (non-hydrogen) atoms. The first-order valence-corrected chi connectivity index (χ1v) is 7.58. The minimum atomic E-state index is 0.000145. The number of carbonyl (C=O) groups excluding carboxylic acids is 1. The van der Waals surface area contributed by atoms with Crippen molar-refractivity contribution in [2.24, 2.45) is 0 Å². The maximum Gasteiger partial charge on any atom is 0.254 e. The fourth-order valence-electron chi connectivity index (χ4n) is 2.18. The summed E-state index contributed by atoms with van der Waals surface area (Å²) in [6.45, 7) is 1.95. The first kappa shape index (κ1) is 17.0. The number of aromatic nitrogens is 1. The highest BCUT2D eigenvalue weighted by Gasteiger charge is 2.17.